The predicted octanol–water partition coefficient (Wildman–Crippen LogP) is 6.36. The van der Waals surface area contributed by atoms with Crippen molar-refractivity contribution in [2.45, 2.75) is 20.3 Å². The molecule has 3 rings (SSSR count). The molecule has 0 atom stereocenters. The summed E-state index contributed by atoms with van der Waals surface area (Å²) >= 11 is 3.94. The van der Waals surface area contributed by atoms with Crippen LogP contribution in [0.4, 0.5) is 10.8 Å². The minimum absolute atomic E-state index is 0.685. The Morgan fingerprint density at radius 1 is 1.04 bits per heavy atom. The van der Waals surface area contributed by atoms with E-state index in [0.717, 1.165) is 22.9 Å². The number of halogens is 1. The first-order chi connectivity index (χ1) is 11.1. The number of nitrogens with zero attached hydrogens (tertiary/aromatic N) is 1. The molecule has 0 aliphatic heterocycles. The Kier molecular flexibility index (Phi) is 5.33. The maximum absolute atomic E-state index is 4.69. The second-order valence-electron chi connectivity index (χ2n) is 5.96. The van der Waals surface area contributed by atoms with Crippen LogP contribution >= 0.6 is 33.9 Å². The highest BCUT2D eigenvalue weighted by atomic mass is 127. The molecule has 23 heavy (non-hydrogen) atoms. The third kappa shape index (κ3) is 4.54. The molecule has 1 aromatic heterocycles. The maximum atomic E-state index is 4.69. The Hall–Kier alpha value is -1.40. The summed E-state index contributed by atoms with van der Waals surface area (Å²) in [6.07, 6.45) is 1.12. The Morgan fingerprint density at radius 2 is 1.74 bits per heavy atom. The first-order valence-corrected chi connectivity index (χ1v) is 9.63. The lowest BCUT2D eigenvalue weighted by Crippen LogP contribution is -1.93. The first kappa shape index (κ1) is 16.5. The van der Waals surface area contributed by atoms with Gasteiger partial charge in [-0.1, -0.05) is 38.1 Å². The quantitative estimate of drug-likeness (QED) is 0.473. The number of rotatable bonds is 5. The lowest BCUT2D eigenvalue weighted by atomic mass is 10.0. The number of anilines is 2. The molecule has 0 saturated carbocycles. The number of hydrogen-bond donors (Lipinski definition) is 1. The summed E-state index contributed by atoms with van der Waals surface area (Å²) in [5.41, 5.74) is 4.65. The van der Waals surface area contributed by atoms with Crippen LogP contribution < -0.4 is 5.32 Å². The molecule has 0 bridgehead atoms. The fraction of sp³-hybridized carbons (Fsp3) is 0.211. The summed E-state index contributed by atoms with van der Waals surface area (Å²) in [6.45, 7) is 4.49. The third-order valence-corrected chi connectivity index (χ3v) is 4.97. The normalized spacial score (nSPS) is 11.0. The maximum Gasteiger partial charge on any atom is 0.187 e. The molecule has 1 N–H and O–H groups in total. The van der Waals surface area contributed by atoms with Gasteiger partial charge < -0.3 is 5.32 Å². The van der Waals surface area contributed by atoms with E-state index in [1.807, 2.05) is 0 Å². The predicted molar refractivity (Wildman–Crippen MR) is 109 cm³/mol. The molecule has 0 unspecified atom stereocenters. The molecule has 4 heteroatoms. The van der Waals surface area contributed by atoms with E-state index in [4.69, 9.17) is 4.98 Å². The molecule has 2 aromatic carbocycles. The van der Waals surface area contributed by atoms with Crippen LogP contribution in [-0.4, -0.2) is 4.98 Å². The molecule has 0 amide bonds. The van der Waals surface area contributed by atoms with Crippen LogP contribution in [0.5, 0.6) is 0 Å². The van der Waals surface area contributed by atoms with Gasteiger partial charge >= 0.3 is 0 Å². The standard InChI is InChI=1S/C19H19IN2S/c1-13(2)11-14-3-5-15(6-4-14)18-12-23-19(22-18)21-17-9-7-16(20)8-10-17/h3-10,12-13H,11H2,1-2H3,(H,21,22). The average molecular weight is 434 g/mol. The van der Waals surface area contributed by atoms with E-state index < -0.39 is 0 Å². The van der Waals surface area contributed by atoms with Gasteiger partial charge in [-0.2, -0.15) is 0 Å². The van der Waals surface area contributed by atoms with Crippen molar-refractivity contribution in [2.24, 2.45) is 5.92 Å². The van der Waals surface area contributed by atoms with E-state index in [1.54, 1.807) is 11.3 Å². The zero-order valence-electron chi connectivity index (χ0n) is 13.2. The Morgan fingerprint density at radius 3 is 2.39 bits per heavy atom. The number of nitrogens with one attached hydrogen (secondary N) is 1. The molecule has 0 spiro atoms. The van der Waals surface area contributed by atoms with Gasteiger partial charge in [0.15, 0.2) is 5.13 Å². The number of thiazole rings is 1. The van der Waals surface area contributed by atoms with Crippen molar-refractivity contribution >= 4 is 44.7 Å². The lowest BCUT2D eigenvalue weighted by molar-refractivity contribution is 0.647. The molecule has 0 saturated heterocycles. The highest BCUT2D eigenvalue weighted by Gasteiger charge is 2.06. The number of hydrogen-bond acceptors (Lipinski definition) is 3. The smallest absolute Gasteiger partial charge is 0.187 e. The van der Waals surface area contributed by atoms with E-state index in [9.17, 15) is 0 Å². The van der Waals surface area contributed by atoms with Crippen LogP contribution in [-0.2, 0) is 6.42 Å². The summed E-state index contributed by atoms with van der Waals surface area (Å²) in [5.74, 6) is 0.685. The summed E-state index contributed by atoms with van der Waals surface area (Å²) in [4.78, 5) is 4.69. The first-order valence-electron chi connectivity index (χ1n) is 7.67. The number of aromatic nitrogens is 1. The van der Waals surface area contributed by atoms with Gasteiger partial charge in [-0.05, 0) is 64.8 Å². The van der Waals surface area contributed by atoms with Gasteiger partial charge in [-0.25, -0.2) is 4.98 Å². The molecule has 0 radical (unpaired) electrons. The van der Waals surface area contributed by atoms with Crippen molar-refractivity contribution in [3.05, 3.63) is 63.0 Å². The molecule has 0 fully saturated rings. The van der Waals surface area contributed by atoms with Crippen LogP contribution in [0.15, 0.2) is 53.9 Å². The molecule has 118 valence electrons. The Balaban J connectivity index is 1.72. The third-order valence-electron chi connectivity index (χ3n) is 3.49. The second kappa shape index (κ2) is 7.45. The monoisotopic (exact) mass is 434 g/mol. The van der Waals surface area contributed by atoms with Crippen molar-refractivity contribution in [3.8, 4) is 11.3 Å². The van der Waals surface area contributed by atoms with Crippen molar-refractivity contribution in [2.75, 3.05) is 5.32 Å². The molecule has 0 aliphatic carbocycles. The fourth-order valence-electron chi connectivity index (χ4n) is 2.40. The minimum atomic E-state index is 0.685. The highest BCUT2D eigenvalue weighted by Crippen LogP contribution is 2.27. The Labute approximate surface area is 155 Å². The van der Waals surface area contributed by atoms with Crippen molar-refractivity contribution in [3.63, 3.8) is 0 Å². The largest absolute Gasteiger partial charge is 0.332 e. The summed E-state index contributed by atoms with van der Waals surface area (Å²) in [5, 5.41) is 6.39. The molecule has 2 nitrogen and oxygen atoms in total. The van der Waals surface area contributed by atoms with Crippen molar-refractivity contribution in [1.29, 1.82) is 0 Å². The summed E-state index contributed by atoms with van der Waals surface area (Å²) in [6, 6.07) is 17.1. The second-order valence-corrected chi connectivity index (χ2v) is 8.07. The van der Waals surface area contributed by atoms with E-state index in [0.29, 0.717) is 5.92 Å². The van der Waals surface area contributed by atoms with Gasteiger partial charge in [-0.3, -0.25) is 0 Å². The average Bonchev–Trinajstić information content (AvgIpc) is 2.98. The van der Waals surface area contributed by atoms with Crippen LogP contribution in [0.3, 0.4) is 0 Å². The van der Waals surface area contributed by atoms with Crippen LogP contribution in [0, 0.1) is 9.49 Å². The lowest BCUT2D eigenvalue weighted by Gasteiger charge is -2.05. The van der Waals surface area contributed by atoms with Crippen molar-refractivity contribution < 1.29 is 0 Å². The van der Waals surface area contributed by atoms with E-state index in [1.165, 1.54) is 14.7 Å². The number of benzene rings is 2. The molecular weight excluding hydrogens is 415 g/mol. The van der Waals surface area contributed by atoms with E-state index in [-0.39, 0.29) is 0 Å². The molecular formula is C19H19IN2S. The van der Waals surface area contributed by atoms with E-state index >= 15 is 0 Å². The van der Waals surface area contributed by atoms with Gasteiger partial charge in [-0.15, -0.1) is 11.3 Å². The molecule has 0 aliphatic rings. The van der Waals surface area contributed by atoms with Crippen LogP contribution in [0.2, 0.25) is 0 Å². The zero-order valence-corrected chi connectivity index (χ0v) is 16.2. The van der Waals surface area contributed by atoms with Gasteiger partial charge in [0, 0.05) is 20.2 Å². The van der Waals surface area contributed by atoms with Crippen LogP contribution in [0.1, 0.15) is 19.4 Å². The molecule has 3 aromatic rings. The fourth-order valence-corrected chi connectivity index (χ4v) is 3.50. The van der Waals surface area contributed by atoms with Crippen LogP contribution in [0.25, 0.3) is 11.3 Å². The SMILES string of the molecule is CC(C)Cc1ccc(-c2csc(Nc3ccc(I)cc3)n2)cc1. The summed E-state index contributed by atoms with van der Waals surface area (Å²) in [7, 11) is 0. The van der Waals surface area contributed by atoms with Gasteiger partial charge in [0.2, 0.25) is 0 Å². The molecule has 1 heterocycles. The van der Waals surface area contributed by atoms with Crippen molar-refractivity contribution in [1.82, 2.24) is 4.98 Å². The zero-order chi connectivity index (χ0) is 16.2. The van der Waals surface area contributed by atoms with E-state index in [2.05, 4.69) is 95.7 Å². The minimum Gasteiger partial charge on any atom is -0.332 e. The van der Waals surface area contributed by atoms with Gasteiger partial charge in [0.05, 0.1) is 5.69 Å². The summed E-state index contributed by atoms with van der Waals surface area (Å²) < 4.78 is 1.23. The Bertz CT molecular complexity index is 761. The van der Waals surface area contributed by atoms with Gasteiger partial charge in [0.25, 0.3) is 0 Å². The topological polar surface area (TPSA) is 24.9 Å². The van der Waals surface area contributed by atoms with Gasteiger partial charge in [0.1, 0.15) is 0 Å². The highest BCUT2D eigenvalue weighted by molar-refractivity contribution is 14.1.